The van der Waals surface area contributed by atoms with Crippen molar-refractivity contribution in [2.24, 2.45) is 7.05 Å². The van der Waals surface area contributed by atoms with E-state index >= 15 is 0 Å². The predicted molar refractivity (Wildman–Crippen MR) is 101 cm³/mol. The zero-order chi connectivity index (χ0) is 18.8. The Morgan fingerprint density at radius 1 is 1.23 bits per heavy atom. The van der Waals surface area contributed by atoms with E-state index in [-0.39, 0.29) is 6.04 Å². The highest BCUT2D eigenvalue weighted by molar-refractivity contribution is 6.43. The van der Waals surface area contributed by atoms with Crippen LogP contribution in [0.5, 0.6) is 0 Å². The lowest BCUT2D eigenvalue weighted by Crippen LogP contribution is -2.47. The molecule has 0 N–H and O–H groups in total. The molecule has 1 aliphatic carbocycles. The molecule has 5 nitrogen and oxygen atoms in total. The van der Waals surface area contributed by atoms with Crippen LogP contribution in [0.3, 0.4) is 0 Å². The monoisotopic (exact) mass is 353 g/mol. The van der Waals surface area contributed by atoms with E-state index in [1.165, 1.54) is 11.1 Å². The molecular weight excluding hydrogens is 326 g/mol. The lowest BCUT2D eigenvalue weighted by atomic mass is 9.87. The maximum Gasteiger partial charge on any atom is 0.295 e. The maximum absolute atomic E-state index is 13.1. The Morgan fingerprint density at radius 3 is 2.54 bits per heavy atom. The molecule has 1 amide bonds. The SMILES string of the molecule is CCCN(C(=O)C(=O)c1c(C)nn(C)c1C)C1CCc2ccccc2C1. The normalized spacial score (nSPS) is 16.2. The lowest BCUT2D eigenvalue weighted by molar-refractivity contribution is -0.129. The molecule has 1 atom stereocenters. The second-order valence-corrected chi connectivity index (χ2v) is 7.16. The summed E-state index contributed by atoms with van der Waals surface area (Å²) in [4.78, 5) is 27.9. The van der Waals surface area contributed by atoms with E-state index in [1.54, 1.807) is 23.6 Å². The van der Waals surface area contributed by atoms with Gasteiger partial charge in [-0.25, -0.2) is 0 Å². The van der Waals surface area contributed by atoms with E-state index in [1.807, 2.05) is 19.9 Å². The van der Waals surface area contributed by atoms with Gasteiger partial charge in [0.1, 0.15) is 0 Å². The van der Waals surface area contributed by atoms with Gasteiger partial charge in [0.15, 0.2) is 0 Å². The van der Waals surface area contributed by atoms with Crippen LogP contribution in [0.25, 0.3) is 0 Å². The van der Waals surface area contributed by atoms with Crippen molar-refractivity contribution >= 4 is 11.7 Å². The second-order valence-electron chi connectivity index (χ2n) is 7.16. The molecule has 0 aliphatic heterocycles. The first-order valence-corrected chi connectivity index (χ1v) is 9.36. The lowest BCUT2D eigenvalue weighted by Gasteiger charge is -2.34. The van der Waals surface area contributed by atoms with Crippen LogP contribution in [0.4, 0.5) is 0 Å². The second kappa shape index (κ2) is 7.44. The first-order chi connectivity index (χ1) is 12.4. The third-order valence-electron chi connectivity index (χ3n) is 5.42. The molecule has 0 radical (unpaired) electrons. The Bertz CT molecular complexity index is 838. The highest BCUT2D eigenvalue weighted by Gasteiger charge is 2.33. The number of benzene rings is 1. The molecular formula is C21H27N3O2. The number of aryl methyl sites for hydroxylation is 3. The van der Waals surface area contributed by atoms with Gasteiger partial charge in [-0.1, -0.05) is 31.2 Å². The van der Waals surface area contributed by atoms with Gasteiger partial charge in [-0.15, -0.1) is 0 Å². The van der Waals surface area contributed by atoms with E-state index < -0.39 is 11.7 Å². The number of rotatable bonds is 5. The van der Waals surface area contributed by atoms with Crippen LogP contribution >= 0.6 is 0 Å². The van der Waals surface area contributed by atoms with Crippen molar-refractivity contribution in [1.82, 2.24) is 14.7 Å². The van der Waals surface area contributed by atoms with Gasteiger partial charge in [0.05, 0.1) is 11.3 Å². The van der Waals surface area contributed by atoms with Gasteiger partial charge >= 0.3 is 0 Å². The fourth-order valence-electron chi connectivity index (χ4n) is 3.97. The third kappa shape index (κ3) is 3.30. The molecule has 0 spiro atoms. The number of carbonyl (C=O) groups is 2. The molecule has 0 bridgehead atoms. The molecule has 1 heterocycles. The Hall–Kier alpha value is -2.43. The van der Waals surface area contributed by atoms with Crippen molar-refractivity contribution in [3.63, 3.8) is 0 Å². The van der Waals surface area contributed by atoms with Crippen molar-refractivity contribution in [3.05, 3.63) is 52.3 Å². The number of amides is 1. The Labute approximate surface area is 155 Å². The third-order valence-corrected chi connectivity index (χ3v) is 5.42. The maximum atomic E-state index is 13.1. The molecule has 1 aromatic heterocycles. The minimum absolute atomic E-state index is 0.0820. The van der Waals surface area contributed by atoms with Gasteiger partial charge in [-0.05, 0) is 50.7 Å². The Kier molecular flexibility index (Phi) is 5.25. The fourth-order valence-corrected chi connectivity index (χ4v) is 3.97. The molecule has 26 heavy (non-hydrogen) atoms. The summed E-state index contributed by atoms with van der Waals surface area (Å²) in [6.07, 6.45) is 3.51. The first-order valence-electron chi connectivity index (χ1n) is 9.36. The van der Waals surface area contributed by atoms with Gasteiger partial charge < -0.3 is 4.90 Å². The largest absolute Gasteiger partial charge is 0.332 e. The standard InChI is InChI=1S/C21H27N3O2/c1-5-12-24(18-11-10-16-8-6-7-9-17(16)13-18)21(26)20(25)19-14(2)22-23(4)15(19)3/h6-9,18H,5,10-13H2,1-4H3. The van der Waals surface area contributed by atoms with Gasteiger partial charge in [0, 0.05) is 25.3 Å². The smallest absolute Gasteiger partial charge is 0.295 e. The average Bonchev–Trinajstić information content (AvgIpc) is 2.90. The van der Waals surface area contributed by atoms with Crippen LogP contribution in [0.1, 0.15) is 52.6 Å². The summed E-state index contributed by atoms with van der Waals surface area (Å²) in [5.41, 5.74) is 4.46. The zero-order valence-corrected chi connectivity index (χ0v) is 16.1. The van der Waals surface area contributed by atoms with E-state index in [4.69, 9.17) is 0 Å². The number of carbonyl (C=O) groups excluding carboxylic acids is 2. The highest BCUT2D eigenvalue weighted by Crippen LogP contribution is 2.25. The van der Waals surface area contributed by atoms with Gasteiger partial charge in [0.2, 0.25) is 0 Å². The van der Waals surface area contributed by atoms with Crippen LogP contribution in [0, 0.1) is 13.8 Å². The van der Waals surface area contributed by atoms with E-state index in [0.29, 0.717) is 17.8 Å². The molecule has 1 aromatic carbocycles. The van der Waals surface area contributed by atoms with E-state index in [9.17, 15) is 9.59 Å². The summed E-state index contributed by atoms with van der Waals surface area (Å²) >= 11 is 0. The van der Waals surface area contributed by atoms with Crippen molar-refractivity contribution < 1.29 is 9.59 Å². The molecule has 1 unspecified atom stereocenters. The molecule has 0 saturated carbocycles. The van der Waals surface area contributed by atoms with Crippen molar-refractivity contribution in [2.45, 2.75) is 52.5 Å². The number of ketones is 1. The number of Topliss-reactive ketones (excluding diaryl/α,β-unsaturated/α-hetero) is 1. The number of aromatic nitrogens is 2. The number of hydrogen-bond donors (Lipinski definition) is 0. The first kappa shape index (κ1) is 18.4. The summed E-state index contributed by atoms with van der Waals surface area (Å²) in [5.74, 6) is -0.823. The summed E-state index contributed by atoms with van der Waals surface area (Å²) < 4.78 is 1.66. The zero-order valence-electron chi connectivity index (χ0n) is 16.1. The van der Waals surface area contributed by atoms with Crippen molar-refractivity contribution in [3.8, 4) is 0 Å². The minimum Gasteiger partial charge on any atom is -0.332 e. The molecule has 0 saturated heterocycles. The topological polar surface area (TPSA) is 55.2 Å². The van der Waals surface area contributed by atoms with Crippen LogP contribution in [-0.2, 0) is 24.7 Å². The number of hydrogen-bond acceptors (Lipinski definition) is 3. The molecule has 0 fully saturated rings. The minimum atomic E-state index is -0.430. The fraction of sp³-hybridized carbons (Fsp3) is 0.476. The predicted octanol–water partition coefficient (Wildman–Crippen LogP) is 3.02. The highest BCUT2D eigenvalue weighted by atomic mass is 16.2. The molecule has 5 heteroatoms. The van der Waals surface area contributed by atoms with Crippen molar-refractivity contribution in [1.29, 1.82) is 0 Å². The quantitative estimate of drug-likeness (QED) is 0.613. The van der Waals surface area contributed by atoms with Crippen molar-refractivity contribution in [2.75, 3.05) is 6.54 Å². The van der Waals surface area contributed by atoms with Crippen LogP contribution in [0.15, 0.2) is 24.3 Å². The van der Waals surface area contributed by atoms with E-state index in [0.717, 1.165) is 31.4 Å². The summed E-state index contributed by atoms with van der Waals surface area (Å²) in [7, 11) is 1.80. The Morgan fingerprint density at radius 2 is 1.92 bits per heavy atom. The molecule has 138 valence electrons. The van der Waals surface area contributed by atoms with Gasteiger partial charge in [-0.2, -0.15) is 5.10 Å². The summed E-state index contributed by atoms with van der Waals surface area (Å²) in [6, 6.07) is 8.48. The van der Waals surface area contributed by atoms with Gasteiger partial charge in [0.25, 0.3) is 11.7 Å². The molecule has 1 aliphatic rings. The van der Waals surface area contributed by atoms with E-state index in [2.05, 4.69) is 23.3 Å². The average molecular weight is 353 g/mol. The number of fused-ring (bicyclic) bond motifs is 1. The number of nitrogens with zero attached hydrogens (tertiary/aromatic N) is 3. The van der Waals surface area contributed by atoms with Crippen LogP contribution in [-0.4, -0.2) is 39.0 Å². The Balaban J connectivity index is 1.86. The summed E-state index contributed by atoms with van der Waals surface area (Å²) in [5, 5.41) is 4.29. The van der Waals surface area contributed by atoms with Crippen LogP contribution < -0.4 is 0 Å². The van der Waals surface area contributed by atoms with Gasteiger partial charge in [-0.3, -0.25) is 14.3 Å². The molecule has 3 rings (SSSR count). The van der Waals surface area contributed by atoms with Crippen LogP contribution in [0.2, 0.25) is 0 Å². The molecule has 2 aromatic rings. The summed E-state index contributed by atoms with van der Waals surface area (Å²) in [6.45, 7) is 6.27.